The van der Waals surface area contributed by atoms with Crippen LogP contribution < -0.4 is 95.8 Å². The summed E-state index contributed by atoms with van der Waals surface area (Å²) in [6.07, 6.45) is 4.09. The molecule has 0 spiro atoms. The van der Waals surface area contributed by atoms with Crippen LogP contribution in [0.5, 0.6) is 0 Å². The van der Waals surface area contributed by atoms with Gasteiger partial charge in [0.05, 0.1) is 80.8 Å². The largest absolute Gasteiger partial charge is 1.00 e. The van der Waals surface area contributed by atoms with Crippen LogP contribution in [0.2, 0.25) is 0 Å². The zero-order valence-electron chi connectivity index (χ0n) is 64.7. The van der Waals surface area contributed by atoms with Gasteiger partial charge >= 0.3 is 86.8 Å². The number of nitrogens with two attached hydrogens (primary N) is 1. The van der Waals surface area contributed by atoms with Crippen molar-refractivity contribution in [2.24, 2.45) is 0 Å². The van der Waals surface area contributed by atoms with Crippen LogP contribution in [0.4, 0.5) is 46.8 Å². The number of carbonyl (C=O) groups excluding carboxylic acids is 7. The quantitative estimate of drug-likeness (QED) is 0.0108. The third-order valence-electron chi connectivity index (χ3n) is 13.4. The zero-order valence-corrected chi connectivity index (χ0v) is 66.1. The molecule has 43 heteroatoms. The van der Waals surface area contributed by atoms with Gasteiger partial charge in [-0.15, -0.1) is 30.6 Å². The molecule has 0 unspecified atom stereocenters. The summed E-state index contributed by atoms with van der Waals surface area (Å²) in [5, 5.41) is 51.6. The first-order chi connectivity index (χ1) is 51.8. The van der Waals surface area contributed by atoms with Crippen LogP contribution >= 0.6 is 22.7 Å². The number of amides is 3. The Bertz CT molecular complexity index is 4300. The standard InChI is InChI=1S/C20H20F3N7O2S.C13H17NO4.C12H16N6OS.C10H13NO2.C8H9NO2.C6H3F4N.CH3F.4CH4.ClH.3Li.H2O/c1-24-18(32)19-30-29-17(33-19)5-3-2-4-13-6-7-15(28-27-13)26-16(31)11-14-10-12(8-9-25-14)20(21,22)23;1-4-17-12(15)11(13(16)18-5-2)10-8-9(3)6-7-14-10;1-14-11(19)12-18-17-10(20-12)5-3-2-4-8-6-7-9(13)16-15-8;1-3-13-10(12)7-9-6-8(2)4-5-11-9;1-6-2-3-9-7(4-6)5-8(10)11;7-5-3-4(1-2-11-5)6(8,9)10;1-2;;;;;;;;;/h6-10H,2-5,11H2,1H3,(H,24,32)(H,26,28,31);6-8,11H,4-5H2,1-3H3;6-7H,2-5H2,1H3,(H2,13,16)(H,14,19);4-6H,3,7H2,1-2H3;2-4H,5H2,1H3,(H,10,11);1-3H;1H3;4*1H4;1H;;;;1H2/q;;;;;;;;;;;;3*+1;/p-3/i;;;;;;1D;;;;;;;;;. The second-order valence-electron chi connectivity index (χ2n) is 21.9. The Balaban J connectivity index is -0.000000256. The minimum Gasteiger partial charge on any atom is -1.00 e. The molecule has 9 aromatic heterocycles. The van der Waals surface area contributed by atoms with Crippen molar-refractivity contribution in [2.75, 3.05) is 52.1 Å². The van der Waals surface area contributed by atoms with E-state index < -0.39 is 66.3 Å². The Labute approximate surface area is 727 Å². The zero-order chi connectivity index (χ0) is 80.9. The normalized spacial score (nSPS) is 9.77. The molecule has 0 saturated heterocycles. The van der Waals surface area contributed by atoms with Crippen molar-refractivity contribution in [3.63, 3.8) is 0 Å². The second kappa shape index (κ2) is 65.6. The monoisotopic (exact) mass is 1690 g/mol. The van der Waals surface area contributed by atoms with Crippen LogP contribution in [-0.2, 0) is 95.5 Å². The molecule has 117 heavy (non-hydrogen) atoms. The van der Waals surface area contributed by atoms with Crippen LogP contribution in [0.3, 0.4) is 0 Å². The summed E-state index contributed by atoms with van der Waals surface area (Å²) < 4.78 is 116. The second-order valence-corrected chi connectivity index (χ2v) is 24.1. The van der Waals surface area contributed by atoms with E-state index in [1.165, 1.54) is 29.7 Å². The van der Waals surface area contributed by atoms with Crippen LogP contribution in [0.25, 0.3) is 0 Å². The molecule has 0 fully saturated rings. The molecule has 0 bridgehead atoms. The van der Waals surface area contributed by atoms with E-state index in [9.17, 15) is 73.8 Å². The minimum atomic E-state index is -4.50. The molecule has 628 valence electrons. The molecule has 9 aromatic rings. The fraction of sp³-hybridized carbons (Fsp3) is 0.405. The van der Waals surface area contributed by atoms with Gasteiger partial charge in [0.2, 0.25) is 21.9 Å². The predicted molar refractivity (Wildman–Crippen MR) is 407 cm³/mol. The third kappa shape index (κ3) is 49.4. The number of unbranched alkanes of at least 4 members (excludes halogenated alkanes) is 2. The van der Waals surface area contributed by atoms with Gasteiger partial charge < -0.3 is 63.7 Å². The maximum Gasteiger partial charge on any atom is 1.00 e. The van der Waals surface area contributed by atoms with Crippen molar-refractivity contribution in [3.8, 4) is 0 Å². The smallest absolute Gasteiger partial charge is 1.00 e. The number of halogens is 9. The van der Waals surface area contributed by atoms with E-state index in [0.717, 1.165) is 107 Å². The van der Waals surface area contributed by atoms with Gasteiger partial charge in [0.25, 0.3) is 11.8 Å². The van der Waals surface area contributed by atoms with Gasteiger partial charge in [-0.05, 0) is 176 Å². The number of anilines is 2. The van der Waals surface area contributed by atoms with E-state index in [2.05, 4.69) is 81.7 Å². The Morgan fingerprint density at radius 1 is 0.513 bits per heavy atom. The van der Waals surface area contributed by atoms with Crippen molar-refractivity contribution in [1.29, 1.82) is 0 Å². The van der Waals surface area contributed by atoms with Gasteiger partial charge in [-0.1, -0.05) is 52.4 Å². The SMILES string of the molecule is C.C.C.C.CCOC(=O)C(C(=O)OCC)c1cc(C)ccn1.CCOC(=O)Cc1cc(C)ccn1.CNC(=O)c1nnc(CCCCc2ccc(N)nn2)s1.CNC(=O)c1nnc(CCCCc2ccc(NC(=O)Cc3cc(C(F)(F)F)ccn3)nn2)s1.Cc1ccnc(CC(=O)[O-])c1.Fc1cc(C(F)(F)F)ccn1.[2H]CF.[Cl-].[Li+].[Li+].[Li+].[OH-]. The Morgan fingerprint density at radius 3 is 1.30 bits per heavy atom. The van der Waals surface area contributed by atoms with E-state index in [1.54, 1.807) is 82.8 Å². The number of aliphatic carboxylic acids is 1. The number of aryl methyl sites for hydroxylation is 7. The number of esters is 3. The number of rotatable bonds is 25. The molecule has 9 rings (SSSR count). The van der Waals surface area contributed by atoms with E-state index >= 15 is 0 Å². The average molecular weight is 1690 g/mol. The van der Waals surface area contributed by atoms with Gasteiger partial charge in [-0.2, -0.15) is 40.9 Å². The number of aromatic nitrogens is 13. The first-order valence-electron chi connectivity index (χ1n) is 33.4. The van der Waals surface area contributed by atoms with Crippen LogP contribution in [0.15, 0.2) is 116 Å². The molecular formula is C74H97ClF8Li3N17O12S2. The molecular weight excluding hydrogens is 1590 g/mol. The van der Waals surface area contributed by atoms with Gasteiger partial charge in [-0.25, -0.2) is 4.98 Å². The Morgan fingerprint density at radius 2 is 0.915 bits per heavy atom. The van der Waals surface area contributed by atoms with Gasteiger partial charge in [0.15, 0.2) is 11.7 Å². The number of hydrogen-bond acceptors (Lipinski definition) is 28. The summed E-state index contributed by atoms with van der Waals surface area (Å²) in [5.74, 6) is -5.16. The number of nitrogen functional groups attached to an aromatic ring is 1. The van der Waals surface area contributed by atoms with E-state index in [-0.39, 0.29) is 166 Å². The van der Waals surface area contributed by atoms with Crippen molar-refractivity contribution in [3.05, 3.63) is 204 Å². The number of pyridine rings is 5. The molecule has 0 saturated carbocycles. The van der Waals surface area contributed by atoms with Crippen LogP contribution in [-0.4, -0.2) is 154 Å². The number of alkyl halides is 7. The maximum atomic E-state index is 12.8. The maximum absolute atomic E-state index is 12.8. The number of nitrogens with one attached hydrogen (secondary N) is 3. The molecule has 0 aliphatic rings. The Hall–Kier alpha value is -9.40. The summed E-state index contributed by atoms with van der Waals surface area (Å²) in [6, 6.07) is 20.5. The number of ether oxygens (including phenoxy) is 3. The van der Waals surface area contributed by atoms with Crippen LogP contribution in [0.1, 0.15) is 175 Å². The summed E-state index contributed by atoms with van der Waals surface area (Å²) in [6.45, 7) is 11.7. The predicted octanol–water partition coefficient (Wildman–Crippen LogP) is -0.330. The molecule has 0 aliphatic carbocycles. The summed E-state index contributed by atoms with van der Waals surface area (Å²) >= 11 is 2.59. The number of hydrogen-bond donors (Lipinski definition) is 4. The fourth-order valence-electron chi connectivity index (χ4n) is 8.42. The topological polar surface area (TPSA) is 430 Å². The fourth-order valence-corrected chi connectivity index (χ4v) is 10.1. The molecule has 0 radical (unpaired) electrons. The van der Waals surface area contributed by atoms with E-state index in [0.29, 0.717) is 58.8 Å². The number of nitrogens with zero attached hydrogens (tertiary/aromatic N) is 13. The summed E-state index contributed by atoms with van der Waals surface area (Å²) in [5.41, 5.74) is 9.96. The van der Waals surface area contributed by atoms with E-state index in [1.807, 2.05) is 45.0 Å². The van der Waals surface area contributed by atoms with Crippen molar-refractivity contribution < 1.29 is 164 Å². The molecule has 3 amide bonds. The number of carboxylic acid groups (broad SMARTS) is 1. The molecule has 0 aliphatic heterocycles. The molecule has 29 nitrogen and oxygen atoms in total. The Kier molecular flexibility index (Phi) is 66.4. The van der Waals surface area contributed by atoms with Gasteiger partial charge in [-0.3, -0.25) is 53.1 Å². The van der Waals surface area contributed by atoms with Crippen molar-refractivity contribution >= 4 is 75.9 Å². The molecule has 6 N–H and O–H groups in total. The van der Waals surface area contributed by atoms with Gasteiger partial charge in [0.1, 0.15) is 15.8 Å². The summed E-state index contributed by atoms with van der Waals surface area (Å²) in [7, 11) is 2.12. The molecule has 0 aromatic carbocycles. The molecule has 9 heterocycles. The minimum absolute atomic E-state index is 0. The summed E-state index contributed by atoms with van der Waals surface area (Å²) in [4.78, 5) is 98.5. The van der Waals surface area contributed by atoms with E-state index in [4.69, 9.17) is 21.3 Å². The van der Waals surface area contributed by atoms with Crippen molar-refractivity contribution in [2.45, 2.75) is 160 Å². The number of carboxylic acids is 1. The number of carbonyl (C=O) groups is 7. The van der Waals surface area contributed by atoms with Gasteiger partial charge in [0, 0.05) is 82.1 Å². The van der Waals surface area contributed by atoms with Crippen LogP contribution in [0, 0.1) is 26.7 Å². The molecule has 0 atom stereocenters. The third-order valence-corrected chi connectivity index (χ3v) is 15.3. The average Bonchev–Trinajstić information content (AvgIpc) is 1.06. The van der Waals surface area contributed by atoms with Crippen molar-refractivity contribution in [1.82, 2.24) is 76.3 Å². The first-order valence-corrected chi connectivity index (χ1v) is 34.3. The first kappa shape index (κ1) is 118.